The van der Waals surface area contributed by atoms with Crippen molar-refractivity contribution >= 4 is 6.03 Å². The van der Waals surface area contributed by atoms with Crippen LogP contribution in [-0.4, -0.2) is 69.5 Å². The Morgan fingerprint density at radius 2 is 1.86 bits per heavy atom. The van der Waals surface area contributed by atoms with E-state index >= 15 is 0 Å². The molecule has 0 bridgehead atoms. The lowest BCUT2D eigenvalue weighted by atomic mass is 10.0. The molecule has 7 nitrogen and oxygen atoms in total. The van der Waals surface area contributed by atoms with Crippen molar-refractivity contribution in [3.8, 4) is 0 Å². The number of piperidine rings is 1. The van der Waals surface area contributed by atoms with Gasteiger partial charge in [0.15, 0.2) is 6.23 Å². The van der Waals surface area contributed by atoms with Crippen LogP contribution in [0.1, 0.15) is 0 Å². The fourth-order valence-corrected chi connectivity index (χ4v) is 1.35. The Bertz CT molecular complexity index is 224. The number of hydrogen-bond acceptors (Lipinski definition) is 5. The van der Waals surface area contributed by atoms with Crippen LogP contribution in [0.2, 0.25) is 0 Å². The SMILES string of the molecule is CNC(=O)N1C[C@@H](O)[C@H](O)[C@@H](O)[C@H]1O. The maximum absolute atomic E-state index is 11.1. The van der Waals surface area contributed by atoms with E-state index in [9.17, 15) is 25.2 Å². The van der Waals surface area contributed by atoms with Crippen LogP contribution in [0.4, 0.5) is 4.79 Å². The Morgan fingerprint density at radius 1 is 1.29 bits per heavy atom. The van der Waals surface area contributed by atoms with Crippen molar-refractivity contribution < 1.29 is 25.2 Å². The molecule has 0 aromatic heterocycles. The number of rotatable bonds is 0. The predicted molar refractivity (Wildman–Crippen MR) is 45.2 cm³/mol. The van der Waals surface area contributed by atoms with Crippen LogP contribution in [0.3, 0.4) is 0 Å². The van der Waals surface area contributed by atoms with Crippen LogP contribution in [0.15, 0.2) is 0 Å². The van der Waals surface area contributed by atoms with Crippen molar-refractivity contribution in [3.05, 3.63) is 0 Å². The molecule has 0 saturated carbocycles. The van der Waals surface area contributed by atoms with Gasteiger partial charge >= 0.3 is 6.03 Å². The zero-order chi connectivity index (χ0) is 10.9. The van der Waals surface area contributed by atoms with Gasteiger partial charge in [-0.25, -0.2) is 4.79 Å². The summed E-state index contributed by atoms with van der Waals surface area (Å²) in [6.45, 7) is -0.223. The minimum atomic E-state index is -1.56. The van der Waals surface area contributed by atoms with Crippen molar-refractivity contribution in [2.24, 2.45) is 0 Å². The lowest BCUT2D eigenvalue weighted by molar-refractivity contribution is -0.179. The number of nitrogens with one attached hydrogen (secondary N) is 1. The first-order chi connectivity index (χ1) is 6.49. The quantitative estimate of drug-likeness (QED) is 0.291. The molecule has 0 radical (unpaired) electrons. The summed E-state index contributed by atoms with van der Waals surface area (Å²) in [5.74, 6) is 0. The number of carbonyl (C=O) groups excluding carboxylic acids is 1. The number of nitrogens with zero attached hydrogens (tertiary/aromatic N) is 1. The molecule has 0 aliphatic carbocycles. The van der Waals surface area contributed by atoms with Gasteiger partial charge in [-0.3, -0.25) is 4.90 Å². The van der Waals surface area contributed by atoms with Gasteiger partial charge in [-0.2, -0.15) is 0 Å². The van der Waals surface area contributed by atoms with Crippen molar-refractivity contribution in [1.82, 2.24) is 10.2 Å². The second-order valence-corrected chi connectivity index (χ2v) is 3.17. The number of aliphatic hydroxyl groups excluding tert-OH is 4. The minimum absolute atomic E-state index is 0.223. The van der Waals surface area contributed by atoms with E-state index in [0.717, 1.165) is 4.90 Å². The highest BCUT2D eigenvalue weighted by molar-refractivity contribution is 5.74. The highest BCUT2D eigenvalue weighted by Gasteiger charge is 2.42. The number of urea groups is 1. The molecular formula is C7H14N2O5. The maximum Gasteiger partial charge on any atom is 0.319 e. The van der Waals surface area contributed by atoms with Crippen LogP contribution in [0.25, 0.3) is 0 Å². The van der Waals surface area contributed by atoms with Gasteiger partial charge in [-0.05, 0) is 0 Å². The van der Waals surface area contributed by atoms with Gasteiger partial charge in [0, 0.05) is 7.05 Å². The molecule has 0 aromatic rings. The molecule has 1 saturated heterocycles. The second kappa shape index (κ2) is 4.09. The molecule has 7 heteroatoms. The Kier molecular flexibility index (Phi) is 3.27. The lowest BCUT2D eigenvalue weighted by Gasteiger charge is -2.40. The van der Waals surface area contributed by atoms with Crippen LogP contribution in [-0.2, 0) is 0 Å². The van der Waals surface area contributed by atoms with Crippen LogP contribution < -0.4 is 5.32 Å². The highest BCUT2D eigenvalue weighted by atomic mass is 16.4. The summed E-state index contributed by atoms with van der Waals surface area (Å²) in [6.07, 6.45) is -5.76. The van der Waals surface area contributed by atoms with Gasteiger partial charge < -0.3 is 25.7 Å². The summed E-state index contributed by atoms with van der Waals surface area (Å²) >= 11 is 0. The standard InChI is InChI=1S/C7H14N2O5/c1-8-7(14)9-2-3(10)4(11)5(12)6(9)13/h3-6,10-13H,2H2,1H3,(H,8,14)/t3-,4+,5-,6-/m1/s1. The van der Waals surface area contributed by atoms with Gasteiger partial charge in [0.05, 0.1) is 6.54 Å². The zero-order valence-electron chi connectivity index (χ0n) is 7.66. The molecule has 0 unspecified atom stereocenters. The normalized spacial score (nSPS) is 38.2. The zero-order valence-corrected chi connectivity index (χ0v) is 7.66. The Hall–Kier alpha value is -0.890. The summed E-state index contributed by atoms with van der Waals surface area (Å²) in [6, 6.07) is -0.623. The van der Waals surface area contributed by atoms with Crippen LogP contribution >= 0.6 is 0 Å². The number of β-amino-alcohol motifs (C(OH)–C–C–N with tert-alkyl or cyclic N) is 1. The molecule has 14 heavy (non-hydrogen) atoms. The van der Waals surface area contributed by atoms with Crippen molar-refractivity contribution in [3.63, 3.8) is 0 Å². The second-order valence-electron chi connectivity index (χ2n) is 3.17. The molecule has 1 fully saturated rings. The first kappa shape index (κ1) is 11.2. The number of aliphatic hydroxyl groups is 4. The molecule has 82 valence electrons. The third kappa shape index (κ3) is 1.80. The van der Waals surface area contributed by atoms with E-state index in [-0.39, 0.29) is 6.54 Å². The molecule has 1 heterocycles. The maximum atomic E-state index is 11.1. The van der Waals surface area contributed by atoms with E-state index in [2.05, 4.69) is 5.32 Å². The van der Waals surface area contributed by atoms with Gasteiger partial charge in [-0.1, -0.05) is 0 Å². The van der Waals surface area contributed by atoms with Gasteiger partial charge in [-0.15, -0.1) is 0 Å². The van der Waals surface area contributed by atoms with Crippen LogP contribution in [0, 0.1) is 0 Å². The Morgan fingerprint density at radius 3 is 2.36 bits per heavy atom. The number of hydrogen-bond donors (Lipinski definition) is 5. The number of amides is 2. The van der Waals surface area contributed by atoms with Crippen molar-refractivity contribution in [2.75, 3.05) is 13.6 Å². The molecule has 1 aliphatic heterocycles. The third-order valence-electron chi connectivity index (χ3n) is 2.23. The van der Waals surface area contributed by atoms with Gasteiger partial charge in [0.2, 0.25) is 0 Å². The average molecular weight is 206 g/mol. The molecule has 0 aromatic carbocycles. The molecule has 5 N–H and O–H groups in total. The molecule has 0 spiro atoms. The predicted octanol–water partition coefficient (Wildman–Crippen LogP) is -2.96. The molecular weight excluding hydrogens is 192 g/mol. The lowest BCUT2D eigenvalue weighted by Crippen LogP contribution is -2.63. The topological polar surface area (TPSA) is 113 Å². The van der Waals surface area contributed by atoms with Gasteiger partial charge in [0.25, 0.3) is 0 Å². The van der Waals surface area contributed by atoms with Gasteiger partial charge in [0.1, 0.15) is 18.3 Å². The smallest absolute Gasteiger partial charge is 0.319 e. The van der Waals surface area contributed by atoms with E-state index in [0.29, 0.717) is 0 Å². The fraction of sp³-hybridized carbons (Fsp3) is 0.857. The average Bonchev–Trinajstić information content (AvgIpc) is 2.19. The van der Waals surface area contributed by atoms with E-state index < -0.39 is 30.6 Å². The van der Waals surface area contributed by atoms with E-state index in [1.807, 2.05) is 0 Å². The highest BCUT2D eigenvalue weighted by Crippen LogP contribution is 2.16. The first-order valence-corrected chi connectivity index (χ1v) is 4.19. The summed E-state index contributed by atoms with van der Waals surface area (Å²) < 4.78 is 0. The molecule has 1 aliphatic rings. The summed E-state index contributed by atoms with van der Waals surface area (Å²) in [4.78, 5) is 12.0. The molecule has 2 amide bonds. The summed E-state index contributed by atoms with van der Waals surface area (Å²) in [5, 5.41) is 39.3. The number of likely N-dealkylation sites (tertiary alicyclic amines) is 1. The van der Waals surface area contributed by atoms with E-state index in [4.69, 9.17) is 0 Å². The largest absolute Gasteiger partial charge is 0.388 e. The monoisotopic (exact) mass is 206 g/mol. The van der Waals surface area contributed by atoms with Crippen molar-refractivity contribution in [2.45, 2.75) is 24.5 Å². The minimum Gasteiger partial charge on any atom is -0.388 e. The van der Waals surface area contributed by atoms with E-state index in [1.165, 1.54) is 7.05 Å². The summed E-state index contributed by atoms with van der Waals surface area (Å²) in [7, 11) is 1.36. The molecule has 4 atom stereocenters. The molecule has 1 rings (SSSR count). The fourth-order valence-electron chi connectivity index (χ4n) is 1.35. The van der Waals surface area contributed by atoms with Crippen LogP contribution in [0.5, 0.6) is 0 Å². The van der Waals surface area contributed by atoms with Crippen molar-refractivity contribution in [1.29, 1.82) is 0 Å². The first-order valence-electron chi connectivity index (χ1n) is 4.19. The third-order valence-corrected chi connectivity index (χ3v) is 2.23. The van der Waals surface area contributed by atoms with E-state index in [1.54, 1.807) is 0 Å². The number of carbonyl (C=O) groups is 1. The summed E-state index contributed by atoms with van der Waals surface area (Å²) in [5.41, 5.74) is 0. The Balaban J connectivity index is 2.75. The Labute approximate surface area is 80.6 Å².